The molecule has 0 fully saturated rings. The molecule has 2 aromatic rings. The van der Waals surface area contributed by atoms with Crippen LogP contribution in [0.3, 0.4) is 0 Å². The van der Waals surface area contributed by atoms with Crippen molar-refractivity contribution in [3.05, 3.63) is 34.5 Å². The molecule has 136 valence electrons. The summed E-state index contributed by atoms with van der Waals surface area (Å²) in [5.41, 5.74) is 1.78. The van der Waals surface area contributed by atoms with Crippen molar-refractivity contribution in [3.8, 4) is 5.88 Å². The van der Waals surface area contributed by atoms with E-state index in [1.807, 2.05) is 13.8 Å². The molecular formula is C17H23N3O4S. The Labute approximate surface area is 147 Å². The lowest BCUT2D eigenvalue weighted by molar-refractivity contribution is 0.103. The summed E-state index contributed by atoms with van der Waals surface area (Å²) in [6.07, 6.45) is 1.13. The van der Waals surface area contributed by atoms with Crippen LogP contribution < -0.4 is 5.32 Å². The van der Waals surface area contributed by atoms with E-state index in [4.69, 9.17) is 0 Å². The highest BCUT2D eigenvalue weighted by molar-refractivity contribution is 7.90. The van der Waals surface area contributed by atoms with Crippen LogP contribution in [0.5, 0.6) is 5.88 Å². The lowest BCUT2D eigenvalue weighted by Crippen LogP contribution is -2.16. The van der Waals surface area contributed by atoms with Gasteiger partial charge in [0.15, 0.2) is 9.84 Å². The number of aromatic hydroxyl groups is 1. The van der Waals surface area contributed by atoms with E-state index in [2.05, 4.69) is 10.4 Å². The summed E-state index contributed by atoms with van der Waals surface area (Å²) in [5, 5.41) is 17.3. The van der Waals surface area contributed by atoms with Crippen LogP contribution in [0.4, 0.5) is 5.69 Å². The molecule has 0 amide bonds. The molecule has 0 radical (unpaired) electrons. The molecular weight excluding hydrogens is 342 g/mol. The van der Waals surface area contributed by atoms with E-state index in [9.17, 15) is 18.3 Å². The lowest BCUT2D eigenvalue weighted by Gasteiger charge is -2.19. The Morgan fingerprint density at radius 2 is 1.88 bits per heavy atom. The van der Waals surface area contributed by atoms with Gasteiger partial charge in [0, 0.05) is 24.9 Å². The van der Waals surface area contributed by atoms with Crippen LogP contribution in [0.1, 0.15) is 41.0 Å². The Kier molecular flexibility index (Phi) is 4.94. The van der Waals surface area contributed by atoms with Gasteiger partial charge >= 0.3 is 0 Å². The average molecular weight is 365 g/mol. The number of rotatable bonds is 5. The molecule has 1 heterocycles. The third kappa shape index (κ3) is 3.53. The molecule has 0 atom stereocenters. The number of hydrogen-bond acceptors (Lipinski definition) is 6. The second kappa shape index (κ2) is 6.51. The van der Waals surface area contributed by atoms with Gasteiger partial charge in [-0.25, -0.2) is 13.1 Å². The molecule has 0 spiro atoms. The highest BCUT2D eigenvalue weighted by atomic mass is 32.2. The Morgan fingerprint density at radius 3 is 2.32 bits per heavy atom. The van der Waals surface area contributed by atoms with Crippen molar-refractivity contribution in [3.63, 3.8) is 0 Å². The largest absolute Gasteiger partial charge is 0.493 e. The van der Waals surface area contributed by atoms with Crippen LogP contribution in [0, 0.1) is 13.8 Å². The molecule has 0 saturated carbocycles. The molecule has 0 bridgehead atoms. The van der Waals surface area contributed by atoms with Crippen LogP contribution in [0.15, 0.2) is 17.0 Å². The summed E-state index contributed by atoms with van der Waals surface area (Å²) in [7, 11) is -1.91. The highest BCUT2D eigenvalue weighted by Crippen LogP contribution is 2.32. The number of carbonyl (C=O) groups is 1. The summed E-state index contributed by atoms with van der Waals surface area (Å²) in [4.78, 5) is 13.1. The molecule has 0 aliphatic carbocycles. The van der Waals surface area contributed by atoms with Crippen LogP contribution in [0.25, 0.3) is 0 Å². The van der Waals surface area contributed by atoms with Gasteiger partial charge in [-0.15, -0.1) is 0 Å². The first kappa shape index (κ1) is 19.0. The van der Waals surface area contributed by atoms with Gasteiger partial charge in [-0.2, -0.15) is 5.10 Å². The molecule has 25 heavy (non-hydrogen) atoms. The molecule has 2 N–H and O–H groups in total. The summed E-state index contributed by atoms with van der Waals surface area (Å²) in [6.45, 7) is 7.10. The third-order valence-corrected chi connectivity index (χ3v) is 5.06. The average Bonchev–Trinajstić information content (AvgIpc) is 2.72. The van der Waals surface area contributed by atoms with Crippen molar-refractivity contribution in [1.82, 2.24) is 9.78 Å². The molecule has 7 nitrogen and oxygen atoms in total. The summed E-state index contributed by atoms with van der Waals surface area (Å²) < 4.78 is 25.4. The van der Waals surface area contributed by atoms with E-state index in [1.165, 1.54) is 16.8 Å². The number of benzene rings is 1. The fourth-order valence-corrected chi connectivity index (χ4v) is 3.65. The molecule has 8 heteroatoms. The van der Waals surface area contributed by atoms with Crippen molar-refractivity contribution in [1.29, 1.82) is 0 Å². The SMILES string of the molecule is Cc1nn(C)c(O)c1C(=O)c1ccc(S(C)(=O)=O)c(NC(C)C)c1C. The Morgan fingerprint density at radius 1 is 1.28 bits per heavy atom. The number of nitrogens with one attached hydrogen (secondary N) is 1. The highest BCUT2D eigenvalue weighted by Gasteiger charge is 2.26. The first-order valence-corrected chi connectivity index (χ1v) is 9.71. The van der Waals surface area contributed by atoms with E-state index >= 15 is 0 Å². The monoisotopic (exact) mass is 365 g/mol. The number of hydrogen-bond donors (Lipinski definition) is 2. The zero-order valence-electron chi connectivity index (χ0n) is 15.2. The number of ketones is 1. The number of aryl methyl sites for hydroxylation is 2. The van der Waals surface area contributed by atoms with Crippen LogP contribution >= 0.6 is 0 Å². The van der Waals surface area contributed by atoms with Crippen LogP contribution in [0.2, 0.25) is 0 Å². The molecule has 2 rings (SSSR count). The second-order valence-electron chi connectivity index (χ2n) is 6.42. The summed E-state index contributed by atoms with van der Waals surface area (Å²) >= 11 is 0. The maximum Gasteiger partial charge on any atom is 0.220 e. The minimum Gasteiger partial charge on any atom is -0.493 e. The normalized spacial score (nSPS) is 11.8. The maximum atomic E-state index is 12.9. The van der Waals surface area contributed by atoms with Crippen molar-refractivity contribution in [2.75, 3.05) is 11.6 Å². The van der Waals surface area contributed by atoms with Crippen LogP contribution in [-0.2, 0) is 16.9 Å². The minimum atomic E-state index is -3.46. The van der Waals surface area contributed by atoms with Crippen molar-refractivity contribution in [2.45, 2.75) is 38.6 Å². The molecule has 1 aromatic heterocycles. The van der Waals surface area contributed by atoms with E-state index in [0.717, 1.165) is 6.26 Å². The lowest BCUT2D eigenvalue weighted by atomic mass is 9.97. The first-order valence-electron chi connectivity index (χ1n) is 7.82. The summed E-state index contributed by atoms with van der Waals surface area (Å²) in [5.74, 6) is -0.611. The van der Waals surface area contributed by atoms with E-state index in [0.29, 0.717) is 22.5 Å². The smallest absolute Gasteiger partial charge is 0.220 e. The van der Waals surface area contributed by atoms with E-state index < -0.39 is 15.6 Å². The van der Waals surface area contributed by atoms with E-state index in [1.54, 1.807) is 20.9 Å². The predicted molar refractivity (Wildman–Crippen MR) is 96.1 cm³/mol. The van der Waals surface area contributed by atoms with Gasteiger partial charge in [-0.05, 0) is 45.4 Å². The number of carbonyl (C=O) groups excluding carboxylic acids is 1. The number of anilines is 1. The molecule has 0 aliphatic heterocycles. The summed E-state index contributed by atoms with van der Waals surface area (Å²) in [6, 6.07) is 2.88. The standard InChI is InChI=1S/C17H23N3O4S/c1-9(2)18-15-10(3)12(7-8-13(15)25(6,23)24)16(21)14-11(4)19-20(5)17(14)22/h7-9,18,22H,1-6H3. The van der Waals surface area contributed by atoms with Gasteiger partial charge < -0.3 is 10.4 Å². The zero-order chi connectivity index (χ0) is 19.1. The van der Waals surface area contributed by atoms with Crippen molar-refractivity contribution in [2.24, 2.45) is 7.05 Å². The Hall–Kier alpha value is -2.35. The van der Waals surface area contributed by atoms with Crippen molar-refractivity contribution >= 4 is 21.3 Å². The fourth-order valence-electron chi connectivity index (χ4n) is 2.76. The molecule has 0 saturated heterocycles. The molecule has 0 unspecified atom stereocenters. The van der Waals surface area contributed by atoms with Crippen molar-refractivity contribution < 1.29 is 18.3 Å². The van der Waals surface area contributed by atoms with Gasteiger partial charge in [0.2, 0.25) is 11.7 Å². The minimum absolute atomic E-state index is 0.0157. The van der Waals surface area contributed by atoms with Gasteiger partial charge in [0.1, 0.15) is 5.56 Å². The number of nitrogens with zero attached hydrogens (tertiary/aromatic N) is 2. The Balaban J connectivity index is 2.69. The first-order chi connectivity index (χ1) is 11.4. The van der Waals surface area contributed by atoms with Gasteiger partial charge in [-0.3, -0.25) is 4.79 Å². The third-order valence-electron chi connectivity index (χ3n) is 3.92. The Bertz CT molecular complexity index is 943. The van der Waals surface area contributed by atoms with Gasteiger partial charge in [0.05, 0.1) is 16.3 Å². The number of sulfone groups is 1. The van der Waals surface area contributed by atoms with Gasteiger partial charge in [-0.1, -0.05) is 0 Å². The van der Waals surface area contributed by atoms with Gasteiger partial charge in [0.25, 0.3) is 0 Å². The topological polar surface area (TPSA) is 101 Å². The number of aromatic nitrogens is 2. The van der Waals surface area contributed by atoms with E-state index in [-0.39, 0.29) is 22.4 Å². The molecule has 0 aliphatic rings. The predicted octanol–water partition coefficient (Wildman–Crippen LogP) is 2.20. The quantitative estimate of drug-likeness (QED) is 0.788. The maximum absolute atomic E-state index is 12.9. The fraction of sp³-hybridized carbons (Fsp3) is 0.412. The molecule has 1 aromatic carbocycles. The van der Waals surface area contributed by atoms with Crippen LogP contribution in [-0.4, -0.2) is 41.4 Å². The second-order valence-corrected chi connectivity index (χ2v) is 8.40. The zero-order valence-corrected chi connectivity index (χ0v) is 16.0.